The van der Waals surface area contributed by atoms with Gasteiger partial charge in [-0.3, -0.25) is 0 Å². The molecule has 1 aromatic carbocycles. The normalized spacial score (nSPS) is 11.9. The molecule has 0 radical (unpaired) electrons. The molecule has 2 N–H and O–H groups in total. The quantitative estimate of drug-likeness (QED) is 0.812. The van der Waals surface area contributed by atoms with Crippen molar-refractivity contribution in [1.29, 1.82) is 5.26 Å². The number of nitrogens with one attached hydrogen (secondary N) is 1. The van der Waals surface area contributed by atoms with Crippen molar-refractivity contribution >= 4 is 5.69 Å². The summed E-state index contributed by atoms with van der Waals surface area (Å²) < 4.78 is 31.9. The zero-order valence-corrected chi connectivity index (χ0v) is 9.91. The highest BCUT2D eigenvalue weighted by atomic mass is 19.1. The Morgan fingerprint density at radius 3 is 2.50 bits per heavy atom. The minimum atomic E-state index is -0.859. The highest BCUT2D eigenvalue weighted by Gasteiger charge is 2.15. The van der Waals surface area contributed by atoms with E-state index in [9.17, 15) is 8.78 Å². The summed E-state index contributed by atoms with van der Waals surface area (Å²) in [5.74, 6) is -1.72. The maximum Gasteiger partial charge on any atom is 0.150 e. The second-order valence-corrected chi connectivity index (χ2v) is 3.73. The van der Waals surface area contributed by atoms with Gasteiger partial charge >= 0.3 is 0 Å². The van der Waals surface area contributed by atoms with E-state index in [0.29, 0.717) is 13.0 Å². The van der Waals surface area contributed by atoms with E-state index in [-0.39, 0.29) is 17.9 Å². The number of hydrogen-bond acceptors (Lipinski definition) is 4. The molecule has 1 rings (SSSR count). The fourth-order valence-corrected chi connectivity index (χ4v) is 1.45. The van der Waals surface area contributed by atoms with Crippen molar-refractivity contribution < 1.29 is 18.6 Å². The lowest BCUT2D eigenvalue weighted by molar-refractivity contribution is 0.174. The molecule has 0 aliphatic carbocycles. The van der Waals surface area contributed by atoms with Crippen LogP contribution in [-0.2, 0) is 4.74 Å². The van der Waals surface area contributed by atoms with Gasteiger partial charge in [0, 0.05) is 13.7 Å². The number of nitriles is 1. The van der Waals surface area contributed by atoms with Crippen molar-refractivity contribution in [3.05, 3.63) is 29.3 Å². The number of anilines is 1. The molecule has 4 nitrogen and oxygen atoms in total. The van der Waals surface area contributed by atoms with Crippen LogP contribution in [0.4, 0.5) is 14.5 Å². The predicted octanol–water partition coefficient (Wildman–Crippen LogP) is 1.65. The molecule has 0 saturated carbocycles. The second-order valence-electron chi connectivity index (χ2n) is 3.73. The van der Waals surface area contributed by atoms with Crippen LogP contribution in [0.2, 0.25) is 0 Å². The van der Waals surface area contributed by atoms with E-state index >= 15 is 0 Å². The highest BCUT2D eigenvalue weighted by Crippen LogP contribution is 2.21. The summed E-state index contributed by atoms with van der Waals surface area (Å²) in [6, 6.07) is 3.03. The predicted molar refractivity (Wildman–Crippen MR) is 62.1 cm³/mol. The third kappa shape index (κ3) is 3.65. The van der Waals surface area contributed by atoms with Crippen LogP contribution in [0.5, 0.6) is 0 Å². The van der Waals surface area contributed by atoms with Gasteiger partial charge in [0.15, 0.2) is 11.6 Å². The molecule has 0 amide bonds. The van der Waals surface area contributed by atoms with Crippen LogP contribution >= 0.6 is 0 Å². The third-order valence-corrected chi connectivity index (χ3v) is 2.41. The Hall–Kier alpha value is -1.71. The topological polar surface area (TPSA) is 65.3 Å². The SMILES string of the molecule is COCCC(CO)Nc1c(F)cc(C#N)cc1F. The summed E-state index contributed by atoms with van der Waals surface area (Å²) in [7, 11) is 1.50. The first-order chi connectivity index (χ1) is 8.62. The first-order valence-corrected chi connectivity index (χ1v) is 5.37. The maximum atomic E-state index is 13.6. The highest BCUT2D eigenvalue weighted by molar-refractivity contribution is 5.51. The Labute approximate surface area is 104 Å². The van der Waals surface area contributed by atoms with Crippen molar-refractivity contribution in [3.8, 4) is 6.07 Å². The Morgan fingerprint density at radius 2 is 2.06 bits per heavy atom. The minimum absolute atomic E-state index is 0.0898. The molecular formula is C12H14F2N2O2. The van der Waals surface area contributed by atoms with Gasteiger partial charge in [0.2, 0.25) is 0 Å². The van der Waals surface area contributed by atoms with Gasteiger partial charge in [0.25, 0.3) is 0 Å². The maximum absolute atomic E-state index is 13.6. The average molecular weight is 256 g/mol. The lowest BCUT2D eigenvalue weighted by Crippen LogP contribution is -2.26. The molecule has 0 aliphatic rings. The van der Waals surface area contributed by atoms with Gasteiger partial charge in [-0.25, -0.2) is 8.78 Å². The van der Waals surface area contributed by atoms with Crippen LogP contribution in [0.25, 0.3) is 0 Å². The van der Waals surface area contributed by atoms with Crippen LogP contribution in [0.3, 0.4) is 0 Å². The Bertz CT molecular complexity index is 423. The van der Waals surface area contributed by atoms with Crippen LogP contribution in [0, 0.1) is 23.0 Å². The summed E-state index contributed by atoms with van der Waals surface area (Å²) in [6.07, 6.45) is 0.409. The number of halogens is 2. The fourth-order valence-electron chi connectivity index (χ4n) is 1.45. The second kappa shape index (κ2) is 6.89. The van der Waals surface area contributed by atoms with Crippen LogP contribution in [-0.4, -0.2) is 31.5 Å². The van der Waals surface area contributed by atoms with E-state index in [0.717, 1.165) is 12.1 Å². The number of nitrogens with zero attached hydrogens (tertiary/aromatic N) is 1. The molecule has 1 unspecified atom stereocenters. The molecule has 0 fully saturated rings. The minimum Gasteiger partial charge on any atom is -0.394 e. The molecule has 0 bridgehead atoms. The number of rotatable bonds is 6. The third-order valence-electron chi connectivity index (χ3n) is 2.41. The van der Waals surface area contributed by atoms with E-state index in [1.54, 1.807) is 6.07 Å². The Balaban J connectivity index is 2.86. The molecule has 1 aromatic rings. The van der Waals surface area contributed by atoms with Gasteiger partial charge in [-0.15, -0.1) is 0 Å². The fraction of sp³-hybridized carbons (Fsp3) is 0.417. The van der Waals surface area contributed by atoms with E-state index in [2.05, 4.69) is 5.32 Å². The first kappa shape index (κ1) is 14.4. The van der Waals surface area contributed by atoms with E-state index < -0.39 is 17.7 Å². The van der Waals surface area contributed by atoms with Gasteiger partial charge in [0.1, 0.15) is 5.69 Å². The van der Waals surface area contributed by atoms with Crippen molar-refractivity contribution in [3.63, 3.8) is 0 Å². The van der Waals surface area contributed by atoms with E-state index in [1.807, 2.05) is 0 Å². The molecule has 0 aliphatic heterocycles. The molecule has 18 heavy (non-hydrogen) atoms. The number of ether oxygens (including phenoxy) is 1. The molecule has 0 saturated heterocycles. The summed E-state index contributed by atoms with van der Waals surface area (Å²) in [4.78, 5) is 0. The van der Waals surface area contributed by atoms with Gasteiger partial charge in [-0.1, -0.05) is 0 Å². The van der Waals surface area contributed by atoms with Gasteiger partial charge < -0.3 is 15.2 Å². The van der Waals surface area contributed by atoms with Crippen LogP contribution in [0.1, 0.15) is 12.0 Å². The molecule has 0 aromatic heterocycles. The van der Waals surface area contributed by atoms with Gasteiger partial charge in [0.05, 0.1) is 24.3 Å². The lowest BCUT2D eigenvalue weighted by Gasteiger charge is -2.18. The number of aliphatic hydroxyl groups excluding tert-OH is 1. The van der Waals surface area contributed by atoms with Crippen molar-refractivity contribution in [1.82, 2.24) is 0 Å². The van der Waals surface area contributed by atoms with E-state index in [4.69, 9.17) is 15.1 Å². The molecule has 1 atom stereocenters. The molecule has 0 heterocycles. The number of benzene rings is 1. The average Bonchev–Trinajstić information content (AvgIpc) is 2.37. The summed E-state index contributed by atoms with van der Waals surface area (Å²) >= 11 is 0. The monoisotopic (exact) mass is 256 g/mol. The Morgan fingerprint density at radius 1 is 1.44 bits per heavy atom. The van der Waals surface area contributed by atoms with Crippen molar-refractivity contribution in [2.75, 3.05) is 25.6 Å². The number of hydrogen-bond donors (Lipinski definition) is 2. The summed E-state index contributed by atoms with van der Waals surface area (Å²) in [6.45, 7) is 0.0833. The molecule has 6 heteroatoms. The van der Waals surface area contributed by atoms with E-state index in [1.165, 1.54) is 7.11 Å². The zero-order valence-electron chi connectivity index (χ0n) is 9.91. The number of aliphatic hydroxyl groups is 1. The van der Waals surface area contributed by atoms with Crippen molar-refractivity contribution in [2.45, 2.75) is 12.5 Å². The van der Waals surface area contributed by atoms with Gasteiger partial charge in [-0.2, -0.15) is 5.26 Å². The smallest absolute Gasteiger partial charge is 0.150 e. The largest absolute Gasteiger partial charge is 0.394 e. The molecular weight excluding hydrogens is 242 g/mol. The number of methoxy groups -OCH3 is 1. The van der Waals surface area contributed by atoms with Crippen molar-refractivity contribution in [2.24, 2.45) is 0 Å². The summed E-state index contributed by atoms with van der Waals surface area (Å²) in [5.41, 5.74) is -0.433. The van der Waals surface area contributed by atoms with Crippen LogP contribution < -0.4 is 5.32 Å². The van der Waals surface area contributed by atoms with Crippen LogP contribution in [0.15, 0.2) is 12.1 Å². The molecule has 98 valence electrons. The summed E-state index contributed by atoms with van der Waals surface area (Å²) in [5, 5.41) is 20.2. The van der Waals surface area contributed by atoms with Gasteiger partial charge in [-0.05, 0) is 18.6 Å². The zero-order chi connectivity index (χ0) is 13.5. The Kier molecular flexibility index (Phi) is 5.49. The lowest BCUT2D eigenvalue weighted by atomic mass is 10.1. The first-order valence-electron chi connectivity index (χ1n) is 5.37. The molecule has 0 spiro atoms. The standard InChI is InChI=1S/C12H14F2N2O2/c1-18-3-2-9(7-17)16-12-10(13)4-8(6-15)5-11(12)14/h4-5,9,16-17H,2-3,7H2,1H3.